The number of aromatic nitrogens is 3. The maximum absolute atomic E-state index is 5.81. The van der Waals surface area contributed by atoms with Crippen molar-refractivity contribution in [2.45, 2.75) is 45.1 Å². The summed E-state index contributed by atoms with van der Waals surface area (Å²) in [6, 6.07) is 0.192. The van der Waals surface area contributed by atoms with Gasteiger partial charge in [-0.05, 0) is 32.9 Å². The van der Waals surface area contributed by atoms with E-state index in [9.17, 15) is 0 Å². The molecule has 1 aliphatic rings. The van der Waals surface area contributed by atoms with Gasteiger partial charge in [-0.25, -0.2) is 0 Å². The fourth-order valence-corrected chi connectivity index (χ4v) is 2.61. The summed E-state index contributed by atoms with van der Waals surface area (Å²) in [6.07, 6.45) is 6.53. The van der Waals surface area contributed by atoms with Crippen LogP contribution in [0.15, 0.2) is 0 Å². The van der Waals surface area contributed by atoms with Gasteiger partial charge in [-0.3, -0.25) is 4.90 Å². The molecule has 1 aromatic rings. The first kappa shape index (κ1) is 15.0. The van der Waals surface area contributed by atoms with Gasteiger partial charge in [0.25, 0.3) is 0 Å². The first-order valence-corrected chi connectivity index (χ1v) is 7.51. The number of nitrogens with two attached hydrogens (primary N) is 1. The van der Waals surface area contributed by atoms with E-state index < -0.39 is 0 Å². The van der Waals surface area contributed by atoms with Crippen molar-refractivity contribution in [3.63, 3.8) is 0 Å². The molecule has 0 aliphatic carbocycles. The second-order valence-corrected chi connectivity index (χ2v) is 5.73. The van der Waals surface area contributed by atoms with Crippen LogP contribution in [-0.4, -0.2) is 47.0 Å². The lowest BCUT2D eigenvalue weighted by Crippen LogP contribution is -2.32. The number of rotatable bonds is 3. The summed E-state index contributed by atoms with van der Waals surface area (Å²) in [5, 5.41) is 0. The summed E-state index contributed by atoms with van der Waals surface area (Å²) < 4.78 is 0. The Kier molecular flexibility index (Phi) is 5.11. The molecule has 2 N–H and O–H groups in total. The van der Waals surface area contributed by atoms with Gasteiger partial charge in [-0.1, -0.05) is 19.3 Å². The highest BCUT2D eigenvalue weighted by molar-refractivity contribution is 5.33. The third-order valence-electron chi connectivity index (χ3n) is 3.87. The third-order valence-corrected chi connectivity index (χ3v) is 3.87. The lowest BCUT2D eigenvalue weighted by molar-refractivity contribution is 0.185. The van der Waals surface area contributed by atoms with Gasteiger partial charge >= 0.3 is 0 Å². The zero-order chi connectivity index (χ0) is 14.5. The van der Waals surface area contributed by atoms with Crippen LogP contribution < -0.4 is 10.6 Å². The molecule has 2 rings (SSSR count). The minimum absolute atomic E-state index is 0.192. The van der Waals surface area contributed by atoms with Crippen molar-refractivity contribution >= 4 is 11.9 Å². The largest absolute Gasteiger partial charge is 0.368 e. The molecule has 0 amide bonds. The zero-order valence-corrected chi connectivity index (χ0v) is 12.8. The molecule has 0 aromatic carbocycles. The van der Waals surface area contributed by atoms with Crippen molar-refractivity contribution in [1.29, 1.82) is 0 Å². The van der Waals surface area contributed by atoms with Crippen molar-refractivity contribution in [3.05, 3.63) is 5.82 Å². The van der Waals surface area contributed by atoms with Crippen molar-refractivity contribution in [3.8, 4) is 0 Å². The zero-order valence-electron chi connectivity index (χ0n) is 12.8. The molecule has 0 spiro atoms. The van der Waals surface area contributed by atoms with E-state index in [1.54, 1.807) is 0 Å². The normalized spacial score (nSPS) is 19.1. The molecule has 2 heterocycles. The predicted octanol–water partition coefficient (Wildman–Crippen LogP) is 1.85. The molecule has 1 saturated heterocycles. The van der Waals surface area contributed by atoms with Crippen LogP contribution in [0.1, 0.15) is 50.9 Å². The van der Waals surface area contributed by atoms with Crippen LogP contribution in [0, 0.1) is 0 Å². The molecule has 20 heavy (non-hydrogen) atoms. The van der Waals surface area contributed by atoms with Crippen LogP contribution in [0.2, 0.25) is 0 Å². The number of nitrogen functional groups attached to an aromatic ring is 1. The minimum atomic E-state index is 0.192. The molecule has 1 fully saturated rings. The first-order chi connectivity index (χ1) is 9.58. The molecular formula is C14H26N6. The van der Waals surface area contributed by atoms with Crippen LogP contribution in [-0.2, 0) is 0 Å². The number of anilines is 2. The summed E-state index contributed by atoms with van der Waals surface area (Å²) >= 11 is 0. The molecule has 1 unspecified atom stereocenters. The smallest absolute Gasteiger partial charge is 0.229 e. The average molecular weight is 278 g/mol. The molecule has 0 radical (unpaired) electrons. The quantitative estimate of drug-likeness (QED) is 0.909. The van der Waals surface area contributed by atoms with Gasteiger partial charge in [0.05, 0.1) is 6.04 Å². The molecule has 112 valence electrons. The SMILES string of the molecule is CC(c1nc(N)nc(N(C)C)n1)N1CCCCCCC1. The van der Waals surface area contributed by atoms with E-state index in [0.717, 1.165) is 18.9 Å². The van der Waals surface area contributed by atoms with Crippen LogP contribution in [0.3, 0.4) is 0 Å². The second-order valence-electron chi connectivity index (χ2n) is 5.73. The standard InChI is InChI=1S/C14H26N6/c1-11(20-9-7-5-4-6-8-10-20)12-16-13(15)18-14(17-12)19(2)3/h11H,4-10H2,1-3H3,(H2,15,16,17,18). The summed E-state index contributed by atoms with van der Waals surface area (Å²) in [4.78, 5) is 17.4. The van der Waals surface area contributed by atoms with Crippen molar-refractivity contribution in [2.75, 3.05) is 37.8 Å². The fraction of sp³-hybridized carbons (Fsp3) is 0.786. The molecule has 1 aliphatic heterocycles. The van der Waals surface area contributed by atoms with E-state index in [-0.39, 0.29) is 6.04 Å². The second kappa shape index (κ2) is 6.83. The Hall–Kier alpha value is -1.43. The predicted molar refractivity (Wildman–Crippen MR) is 81.6 cm³/mol. The van der Waals surface area contributed by atoms with Gasteiger partial charge in [-0.2, -0.15) is 15.0 Å². The molecule has 0 saturated carbocycles. The highest BCUT2D eigenvalue weighted by Gasteiger charge is 2.20. The highest BCUT2D eigenvalue weighted by atomic mass is 15.3. The highest BCUT2D eigenvalue weighted by Crippen LogP contribution is 2.22. The number of nitrogens with zero attached hydrogens (tertiary/aromatic N) is 5. The van der Waals surface area contributed by atoms with E-state index in [2.05, 4.69) is 26.8 Å². The molecule has 0 bridgehead atoms. The molecule has 6 heteroatoms. The third kappa shape index (κ3) is 3.79. The Morgan fingerprint density at radius 2 is 1.60 bits per heavy atom. The monoisotopic (exact) mass is 278 g/mol. The Morgan fingerprint density at radius 1 is 1.00 bits per heavy atom. The lowest BCUT2D eigenvalue weighted by atomic mass is 10.1. The van der Waals surface area contributed by atoms with Crippen molar-refractivity contribution in [2.24, 2.45) is 0 Å². The summed E-state index contributed by atoms with van der Waals surface area (Å²) in [7, 11) is 3.83. The number of likely N-dealkylation sites (tertiary alicyclic amines) is 1. The number of hydrogen-bond donors (Lipinski definition) is 1. The molecular weight excluding hydrogens is 252 g/mol. The van der Waals surface area contributed by atoms with Gasteiger partial charge in [0.15, 0.2) is 5.82 Å². The van der Waals surface area contributed by atoms with E-state index in [4.69, 9.17) is 5.73 Å². The maximum atomic E-state index is 5.81. The Labute approximate surface area is 121 Å². The Bertz CT molecular complexity index is 426. The van der Waals surface area contributed by atoms with E-state index in [0.29, 0.717) is 11.9 Å². The van der Waals surface area contributed by atoms with Crippen LogP contribution >= 0.6 is 0 Å². The molecule has 1 aromatic heterocycles. The van der Waals surface area contributed by atoms with E-state index >= 15 is 0 Å². The molecule has 6 nitrogen and oxygen atoms in total. The van der Waals surface area contributed by atoms with Crippen molar-refractivity contribution in [1.82, 2.24) is 19.9 Å². The van der Waals surface area contributed by atoms with Gasteiger partial charge < -0.3 is 10.6 Å². The van der Waals surface area contributed by atoms with E-state index in [1.807, 2.05) is 19.0 Å². The summed E-state index contributed by atoms with van der Waals surface area (Å²) in [6.45, 7) is 4.39. The van der Waals surface area contributed by atoms with Crippen LogP contribution in [0.5, 0.6) is 0 Å². The first-order valence-electron chi connectivity index (χ1n) is 7.51. The van der Waals surface area contributed by atoms with Gasteiger partial charge in [-0.15, -0.1) is 0 Å². The van der Waals surface area contributed by atoms with Crippen LogP contribution in [0.4, 0.5) is 11.9 Å². The van der Waals surface area contributed by atoms with Gasteiger partial charge in [0, 0.05) is 14.1 Å². The topological polar surface area (TPSA) is 71.2 Å². The maximum Gasteiger partial charge on any atom is 0.229 e. The summed E-state index contributed by atoms with van der Waals surface area (Å²) in [5.74, 6) is 1.71. The van der Waals surface area contributed by atoms with Gasteiger partial charge in [0.1, 0.15) is 0 Å². The van der Waals surface area contributed by atoms with E-state index in [1.165, 1.54) is 32.1 Å². The summed E-state index contributed by atoms with van der Waals surface area (Å²) in [5.41, 5.74) is 5.81. The Balaban J connectivity index is 2.16. The minimum Gasteiger partial charge on any atom is -0.368 e. The molecule has 1 atom stereocenters. The average Bonchev–Trinajstić information content (AvgIpc) is 2.37. The van der Waals surface area contributed by atoms with Gasteiger partial charge in [0.2, 0.25) is 11.9 Å². The van der Waals surface area contributed by atoms with Crippen molar-refractivity contribution < 1.29 is 0 Å². The van der Waals surface area contributed by atoms with Crippen LogP contribution in [0.25, 0.3) is 0 Å². The number of hydrogen-bond acceptors (Lipinski definition) is 6. The Morgan fingerprint density at radius 3 is 2.20 bits per heavy atom. The fourth-order valence-electron chi connectivity index (χ4n) is 2.61. The lowest BCUT2D eigenvalue weighted by Gasteiger charge is -2.29.